The van der Waals surface area contributed by atoms with Crippen LogP contribution in [0.2, 0.25) is 0 Å². The molecule has 1 amide bonds. The van der Waals surface area contributed by atoms with Gasteiger partial charge in [0.1, 0.15) is 0 Å². The summed E-state index contributed by atoms with van der Waals surface area (Å²) in [7, 11) is 0. The summed E-state index contributed by atoms with van der Waals surface area (Å²) < 4.78 is 0. The summed E-state index contributed by atoms with van der Waals surface area (Å²) in [5.74, 6) is -0.0850. The van der Waals surface area contributed by atoms with Crippen LogP contribution in [0.1, 0.15) is 31.2 Å². The highest BCUT2D eigenvalue weighted by Gasteiger charge is 2.19. The lowest BCUT2D eigenvalue weighted by Crippen LogP contribution is -2.21. The van der Waals surface area contributed by atoms with Crippen molar-refractivity contribution in [3.05, 3.63) is 54.2 Å². The summed E-state index contributed by atoms with van der Waals surface area (Å²) in [6, 6.07) is 13.7. The molecule has 0 aliphatic rings. The van der Waals surface area contributed by atoms with Crippen molar-refractivity contribution in [2.45, 2.75) is 30.7 Å². The average molecular weight is 300 g/mol. The van der Waals surface area contributed by atoms with Crippen LogP contribution in [-0.2, 0) is 4.79 Å². The zero-order valence-corrected chi connectivity index (χ0v) is 13.2. The van der Waals surface area contributed by atoms with Crippen molar-refractivity contribution in [1.82, 2.24) is 4.98 Å². The molecular weight excluding hydrogens is 280 g/mol. The summed E-state index contributed by atoms with van der Waals surface area (Å²) in [6.45, 7) is 2.10. The lowest BCUT2D eigenvalue weighted by Gasteiger charge is -2.16. The van der Waals surface area contributed by atoms with Gasteiger partial charge < -0.3 is 5.32 Å². The first-order valence-electron chi connectivity index (χ1n) is 7.10. The smallest absolute Gasteiger partial charge is 0.231 e. The van der Waals surface area contributed by atoms with Crippen LogP contribution in [0.4, 0.5) is 5.69 Å². The molecule has 0 saturated carbocycles. The van der Waals surface area contributed by atoms with Gasteiger partial charge in [-0.3, -0.25) is 4.79 Å². The van der Waals surface area contributed by atoms with Gasteiger partial charge in [-0.2, -0.15) is 0 Å². The predicted molar refractivity (Wildman–Crippen MR) is 88.7 cm³/mol. The zero-order valence-electron chi connectivity index (χ0n) is 12.4. The Kier molecular flexibility index (Phi) is 5.81. The second-order valence-electron chi connectivity index (χ2n) is 4.83. The van der Waals surface area contributed by atoms with Crippen molar-refractivity contribution in [2.24, 2.45) is 0 Å². The highest BCUT2D eigenvalue weighted by Crippen LogP contribution is 2.23. The lowest BCUT2D eigenvalue weighted by atomic mass is 9.93. The minimum atomic E-state index is -0.114. The van der Waals surface area contributed by atoms with Gasteiger partial charge in [0.05, 0.1) is 22.8 Å². The minimum absolute atomic E-state index is 0.0294. The molecule has 21 heavy (non-hydrogen) atoms. The van der Waals surface area contributed by atoms with Crippen molar-refractivity contribution in [3.63, 3.8) is 0 Å². The maximum Gasteiger partial charge on any atom is 0.231 e. The second-order valence-corrected chi connectivity index (χ2v) is 5.66. The molecule has 1 unspecified atom stereocenters. The summed E-state index contributed by atoms with van der Waals surface area (Å²) in [5, 5.41) is 3.91. The first-order valence-corrected chi connectivity index (χ1v) is 8.33. The van der Waals surface area contributed by atoms with Crippen LogP contribution in [0.3, 0.4) is 0 Å². The number of hydrogen-bond acceptors (Lipinski definition) is 3. The molecule has 2 aromatic rings. The number of aromatic nitrogens is 1. The van der Waals surface area contributed by atoms with Gasteiger partial charge >= 0.3 is 0 Å². The number of benzene rings is 1. The van der Waals surface area contributed by atoms with Gasteiger partial charge in [-0.05, 0) is 30.4 Å². The van der Waals surface area contributed by atoms with Crippen LogP contribution in [0, 0.1) is 0 Å². The Morgan fingerprint density at radius 1 is 1.24 bits per heavy atom. The van der Waals surface area contributed by atoms with E-state index in [-0.39, 0.29) is 11.8 Å². The van der Waals surface area contributed by atoms with E-state index < -0.39 is 0 Å². The molecule has 0 fully saturated rings. The van der Waals surface area contributed by atoms with E-state index in [1.54, 1.807) is 18.0 Å². The number of nitrogens with one attached hydrogen (secondary N) is 1. The van der Waals surface area contributed by atoms with E-state index in [4.69, 9.17) is 0 Å². The maximum atomic E-state index is 12.5. The summed E-state index contributed by atoms with van der Waals surface area (Å²) in [4.78, 5) is 16.8. The molecule has 0 spiro atoms. The van der Waals surface area contributed by atoms with Crippen molar-refractivity contribution >= 4 is 23.4 Å². The fourth-order valence-electron chi connectivity index (χ4n) is 2.23. The Bertz CT molecular complexity index is 569. The molecule has 2 rings (SSSR count). The largest absolute Gasteiger partial charge is 0.324 e. The molecule has 1 atom stereocenters. The number of hydrogen-bond donors (Lipinski definition) is 1. The van der Waals surface area contributed by atoms with Gasteiger partial charge in [-0.15, -0.1) is 11.8 Å². The van der Waals surface area contributed by atoms with Gasteiger partial charge in [0.15, 0.2) is 0 Å². The van der Waals surface area contributed by atoms with Gasteiger partial charge in [-0.1, -0.05) is 43.7 Å². The Morgan fingerprint density at radius 3 is 2.57 bits per heavy atom. The summed E-state index contributed by atoms with van der Waals surface area (Å²) >= 11 is 1.58. The van der Waals surface area contributed by atoms with E-state index in [1.807, 2.05) is 48.7 Å². The van der Waals surface area contributed by atoms with Crippen LogP contribution in [0.15, 0.2) is 53.7 Å². The Hall–Kier alpha value is -1.81. The third kappa shape index (κ3) is 4.33. The van der Waals surface area contributed by atoms with E-state index in [0.29, 0.717) is 0 Å². The normalized spacial score (nSPS) is 11.9. The Balaban J connectivity index is 2.11. The van der Waals surface area contributed by atoms with E-state index in [1.165, 1.54) is 0 Å². The van der Waals surface area contributed by atoms with Crippen LogP contribution in [0.25, 0.3) is 0 Å². The van der Waals surface area contributed by atoms with Crippen molar-refractivity contribution < 1.29 is 4.79 Å². The van der Waals surface area contributed by atoms with Crippen molar-refractivity contribution in [2.75, 3.05) is 11.6 Å². The number of amides is 1. The third-order valence-corrected chi connectivity index (χ3v) is 3.97. The molecule has 0 aliphatic heterocycles. The number of rotatable bonds is 6. The molecule has 3 nitrogen and oxygen atoms in total. The Morgan fingerprint density at radius 2 is 2.00 bits per heavy atom. The van der Waals surface area contributed by atoms with E-state index in [9.17, 15) is 4.79 Å². The lowest BCUT2D eigenvalue weighted by molar-refractivity contribution is -0.117. The van der Waals surface area contributed by atoms with E-state index in [2.05, 4.69) is 17.2 Å². The molecule has 1 aromatic carbocycles. The van der Waals surface area contributed by atoms with Gasteiger partial charge in [0, 0.05) is 0 Å². The molecule has 4 heteroatoms. The number of pyridine rings is 1. The van der Waals surface area contributed by atoms with Crippen LogP contribution in [0.5, 0.6) is 0 Å². The minimum Gasteiger partial charge on any atom is -0.324 e. The van der Waals surface area contributed by atoms with Crippen LogP contribution >= 0.6 is 11.8 Å². The summed E-state index contributed by atoms with van der Waals surface area (Å²) in [5.41, 5.74) is 1.81. The zero-order chi connectivity index (χ0) is 15.1. The summed E-state index contributed by atoms with van der Waals surface area (Å²) in [6.07, 6.45) is 5.49. The number of nitrogens with zero attached hydrogens (tertiary/aromatic N) is 1. The monoisotopic (exact) mass is 300 g/mol. The average Bonchev–Trinajstić information content (AvgIpc) is 2.54. The first kappa shape index (κ1) is 15.6. The number of thioether (sulfide) groups is 1. The fraction of sp³-hybridized carbons (Fsp3) is 0.294. The topological polar surface area (TPSA) is 42.0 Å². The highest BCUT2D eigenvalue weighted by molar-refractivity contribution is 7.98. The van der Waals surface area contributed by atoms with E-state index >= 15 is 0 Å². The number of anilines is 1. The van der Waals surface area contributed by atoms with Crippen LogP contribution < -0.4 is 5.32 Å². The van der Waals surface area contributed by atoms with Gasteiger partial charge in [0.25, 0.3) is 0 Å². The van der Waals surface area contributed by atoms with Crippen molar-refractivity contribution in [1.29, 1.82) is 0 Å². The molecule has 0 aliphatic carbocycles. The molecule has 0 bridgehead atoms. The third-order valence-electron chi connectivity index (χ3n) is 3.31. The highest BCUT2D eigenvalue weighted by atomic mass is 32.2. The molecule has 110 valence electrons. The fourth-order valence-corrected chi connectivity index (χ4v) is 2.59. The predicted octanol–water partition coefficient (Wildman–Crippen LogP) is 4.33. The molecular formula is C17H20N2OS. The molecule has 0 saturated heterocycles. The van der Waals surface area contributed by atoms with Gasteiger partial charge in [0.2, 0.25) is 5.91 Å². The van der Waals surface area contributed by atoms with Crippen LogP contribution in [-0.4, -0.2) is 17.1 Å². The molecule has 1 aromatic heterocycles. The van der Waals surface area contributed by atoms with E-state index in [0.717, 1.165) is 29.1 Å². The van der Waals surface area contributed by atoms with Gasteiger partial charge in [-0.25, -0.2) is 4.98 Å². The molecule has 1 heterocycles. The molecule has 1 N–H and O–H groups in total. The standard InChI is InChI=1S/C17H20N2OS/c1-3-7-15(13-8-5-4-6-9-13)17(20)19-14-10-11-16(21-2)18-12-14/h4-6,8-12,15H,3,7H2,1-2H3,(H,19,20). The maximum absolute atomic E-state index is 12.5. The van der Waals surface area contributed by atoms with Crippen molar-refractivity contribution in [3.8, 4) is 0 Å². The number of carbonyl (C=O) groups is 1. The number of carbonyl (C=O) groups excluding carboxylic acids is 1. The SMILES string of the molecule is CCCC(C(=O)Nc1ccc(SC)nc1)c1ccccc1. The Labute approximate surface area is 130 Å². The quantitative estimate of drug-likeness (QED) is 0.808. The first-order chi connectivity index (χ1) is 10.2. The molecule has 0 radical (unpaired) electrons. The second kappa shape index (κ2) is 7.84.